The van der Waals surface area contributed by atoms with E-state index in [2.05, 4.69) is 17.9 Å². The summed E-state index contributed by atoms with van der Waals surface area (Å²) in [6.07, 6.45) is 0.665. The molecule has 1 aliphatic heterocycles. The van der Waals surface area contributed by atoms with Gasteiger partial charge in [0.25, 0.3) is 0 Å². The van der Waals surface area contributed by atoms with E-state index in [1.165, 1.54) is 0 Å². The summed E-state index contributed by atoms with van der Waals surface area (Å²) in [7, 11) is 0. The molecule has 2 rings (SSSR count). The van der Waals surface area contributed by atoms with Gasteiger partial charge >= 0.3 is 0 Å². The molecule has 21 heavy (non-hydrogen) atoms. The van der Waals surface area contributed by atoms with Crippen molar-refractivity contribution < 1.29 is 14.6 Å². The van der Waals surface area contributed by atoms with Gasteiger partial charge in [-0.2, -0.15) is 5.26 Å². The molecule has 5 nitrogen and oxygen atoms in total. The van der Waals surface area contributed by atoms with Crippen molar-refractivity contribution in [1.82, 2.24) is 4.90 Å². The molecule has 114 valence electrons. The van der Waals surface area contributed by atoms with Gasteiger partial charge in [0.05, 0.1) is 17.7 Å². The Morgan fingerprint density at radius 3 is 2.95 bits per heavy atom. The molecule has 1 aliphatic rings. The van der Waals surface area contributed by atoms with Gasteiger partial charge in [0.15, 0.2) is 0 Å². The summed E-state index contributed by atoms with van der Waals surface area (Å²) >= 11 is 0. The zero-order valence-corrected chi connectivity index (χ0v) is 12.4. The van der Waals surface area contributed by atoms with Crippen LogP contribution in [0.2, 0.25) is 0 Å². The molecular weight excluding hydrogens is 268 g/mol. The van der Waals surface area contributed by atoms with E-state index < -0.39 is 6.10 Å². The number of benzene rings is 1. The van der Waals surface area contributed by atoms with Gasteiger partial charge in [0.1, 0.15) is 18.5 Å². The predicted octanol–water partition coefficient (Wildman–Crippen LogP) is 1.41. The maximum atomic E-state index is 10.1. The number of nitrogens with zero attached hydrogens (tertiary/aromatic N) is 2. The van der Waals surface area contributed by atoms with E-state index in [0.29, 0.717) is 17.9 Å². The van der Waals surface area contributed by atoms with E-state index in [4.69, 9.17) is 14.7 Å². The Labute approximate surface area is 125 Å². The first-order valence-corrected chi connectivity index (χ1v) is 7.32. The van der Waals surface area contributed by atoms with Gasteiger partial charge < -0.3 is 14.6 Å². The molecule has 5 heteroatoms. The van der Waals surface area contributed by atoms with Crippen LogP contribution in [0.4, 0.5) is 0 Å². The van der Waals surface area contributed by atoms with Crippen molar-refractivity contribution in [3.05, 3.63) is 29.8 Å². The van der Waals surface area contributed by atoms with Crippen LogP contribution in [0.1, 0.15) is 18.9 Å². The molecule has 1 fully saturated rings. The van der Waals surface area contributed by atoms with Crippen LogP contribution < -0.4 is 4.74 Å². The van der Waals surface area contributed by atoms with Crippen molar-refractivity contribution in [2.75, 3.05) is 32.8 Å². The second-order valence-electron chi connectivity index (χ2n) is 5.40. The van der Waals surface area contributed by atoms with E-state index in [9.17, 15) is 5.11 Å². The predicted molar refractivity (Wildman–Crippen MR) is 79.1 cm³/mol. The Morgan fingerprint density at radius 1 is 1.48 bits per heavy atom. The summed E-state index contributed by atoms with van der Waals surface area (Å²) in [6, 6.07) is 8.95. The molecule has 0 aromatic heterocycles. The van der Waals surface area contributed by atoms with Gasteiger partial charge in [0, 0.05) is 26.2 Å². The van der Waals surface area contributed by atoms with Crippen LogP contribution >= 0.6 is 0 Å². The van der Waals surface area contributed by atoms with Gasteiger partial charge in [-0.15, -0.1) is 0 Å². The molecule has 1 heterocycles. The molecule has 2 atom stereocenters. The number of β-amino-alcohol motifs (C(OH)–C–C–N with tert-alkyl or cyclic N) is 1. The lowest BCUT2D eigenvalue weighted by Gasteiger charge is -2.24. The fourth-order valence-electron chi connectivity index (χ4n) is 2.41. The summed E-state index contributed by atoms with van der Waals surface area (Å²) in [5.41, 5.74) is 0.599. The first-order valence-electron chi connectivity index (χ1n) is 7.32. The van der Waals surface area contributed by atoms with Crippen LogP contribution in [-0.2, 0) is 4.74 Å². The lowest BCUT2D eigenvalue weighted by Crippen LogP contribution is -2.38. The first-order chi connectivity index (χ1) is 10.2. The molecule has 0 aliphatic carbocycles. The third-order valence-electron chi connectivity index (χ3n) is 3.43. The Hall–Kier alpha value is -1.61. The fraction of sp³-hybridized carbons (Fsp3) is 0.562. The number of rotatable bonds is 5. The summed E-state index contributed by atoms with van der Waals surface area (Å²) in [5, 5.41) is 18.8. The van der Waals surface area contributed by atoms with Crippen LogP contribution in [0, 0.1) is 11.3 Å². The van der Waals surface area contributed by atoms with Crippen LogP contribution in [0.25, 0.3) is 0 Å². The average Bonchev–Trinajstić information content (AvgIpc) is 2.69. The third kappa shape index (κ3) is 5.35. The summed E-state index contributed by atoms with van der Waals surface area (Å²) in [5.74, 6) is 0.667. The molecule has 1 aromatic carbocycles. The maximum absolute atomic E-state index is 10.1. The van der Waals surface area contributed by atoms with Gasteiger partial charge in [0.2, 0.25) is 0 Å². The van der Waals surface area contributed by atoms with Crippen molar-refractivity contribution in [2.45, 2.75) is 25.6 Å². The van der Waals surface area contributed by atoms with Crippen LogP contribution in [0.5, 0.6) is 5.75 Å². The van der Waals surface area contributed by atoms with Crippen molar-refractivity contribution >= 4 is 0 Å². The summed E-state index contributed by atoms with van der Waals surface area (Å²) in [4.78, 5) is 2.21. The Balaban J connectivity index is 1.75. The molecule has 1 saturated heterocycles. The highest BCUT2D eigenvalue weighted by molar-refractivity contribution is 5.34. The summed E-state index contributed by atoms with van der Waals surface area (Å²) < 4.78 is 11.1. The minimum Gasteiger partial charge on any atom is -0.491 e. The standard InChI is InChI=1S/C16H22N2O3/c1-13-10-18(7-2-8-20-13)11-15(19)12-21-16-5-3-14(9-17)4-6-16/h3-6,13,15,19H,2,7-8,10-12H2,1H3. The number of hydrogen-bond donors (Lipinski definition) is 1. The minimum atomic E-state index is -0.536. The minimum absolute atomic E-state index is 0.208. The highest BCUT2D eigenvalue weighted by atomic mass is 16.5. The first kappa shape index (κ1) is 15.8. The Morgan fingerprint density at radius 2 is 2.24 bits per heavy atom. The topological polar surface area (TPSA) is 65.7 Å². The smallest absolute Gasteiger partial charge is 0.119 e. The van der Waals surface area contributed by atoms with E-state index in [1.54, 1.807) is 24.3 Å². The summed E-state index contributed by atoms with van der Waals surface area (Å²) in [6.45, 7) is 5.46. The fourth-order valence-corrected chi connectivity index (χ4v) is 2.41. The molecule has 2 unspecified atom stereocenters. The molecular formula is C16H22N2O3. The Kier molecular flexibility index (Phi) is 6.00. The van der Waals surface area contributed by atoms with Gasteiger partial charge in [-0.25, -0.2) is 0 Å². The number of aliphatic hydroxyl groups excluding tert-OH is 1. The quantitative estimate of drug-likeness (QED) is 0.888. The monoisotopic (exact) mass is 290 g/mol. The number of hydrogen-bond acceptors (Lipinski definition) is 5. The lowest BCUT2D eigenvalue weighted by atomic mass is 10.2. The number of ether oxygens (including phenoxy) is 2. The normalized spacial score (nSPS) is 21.3. The van der Waals surface area contributed by atoms with Crippen molar-refractivity contribution in [3.8, 4) is 11.8 Å². The highest BCUT2D eigenvalue weighted by Crippen LogP contribution is 2.12. The van der Waals surface area contributed by atoms with E-state index in [1.807, 2.05) is 0 Å². The highest BCUT2D eigenvalue weighted by Gasteiger charge is 2.18. The van der Waals surface area contributed by atoms with E-state index >= 15 is 0 Å². The molecule has 0 saturated carbocycles. The zero-order valence-electron chi connectivity index (χ0n) is 12.4. The average molecular weight is 290 g/mol. The van der Waals surface area contributed by atoms with Gasteiger partial charge in [-0.3, -0.25) is 4.90 Å². The van der Waals surface area contributed by atoms with Crippen molar-refractivity contribution in [2.24, 2.45) is 0 Å². The lowest BCUT2D eigenvalue weighted by molar-refractivity contribution is 0.0440. The maximum Gasteiger partial charge on any atom is 0.119 e. The van der Waals surface area contributed by atoms with E-state index in [-0.39, 0.29) is 12.7 Å². The number of aliphatic hydroxyl groups is 1. The number of nitriles is 1. The SMILES string of the molecule is CC1CN(CC(O)COc2ccc(C#N)cc2)CCCO1. The molecule has 0 amide bonds. The van der Waals surface area contributed by atoms with Crippen LogP contribution in [-0.4, -0.2) is 55.1 Å². The molecule has 1 aromatic rings. The second kappa shape index (κ2) is 7.99. The van der Waals surface area contributed by atoms with Crippen molar-refractivity contribution in [1.29, 1.82) is 5.26 Å². The third-order valence-corrected chi connectivity index (χ3v) is 3.43. The Bertz CT molecular complexity index is 469. The van der Waals surface area contributed by atoms with Gasteiger partial charge in [-0.1, -0.05) is 0 Å². The second-order valence-corrected chi connectivity index (χ2v) is 5.40. The van der Waals surface area contributed by atoms with Crippen LogP contribution in [0.15, 0.2) is 24.3 Å². The molecule has 1 N–H and O–H groups in total. The molecule has 0 bridgehead atoms. The molecule has 0 radical (unpaired) electrons. The largest absolute Gasteiger partial charge is 0.491 e. The van der Waals surface area contributed by atoms with Crippen molar-refractivity contribution in [3.63, 3.8) is 0 Å². The molecule has 0 spiro atoms. The van der Waals surface area contributed by atoms with E-state index in [0.717, 1.165) is 26.1 Å². The zero-order chi connectivity index (χ0) is 15.1. The van der Waals surface area contributed by atoms with Crippen LogP contribution in [0.3, 0.4) is 0 Å². The van der Waals surface area contributed by atoms with Gasteiger partial charge in [-0.05, 0) is 37.6 Å².